The van der Waals surface area contributed by atoms with Crippen molar-refractivity contribution in [2.75, 3.05) is 0 Å². The summed E-state index contributed by atoms with van der Waals surface area (Å²) >= 11 is 0. The lowest BCUT2D eigenvalue weighted by molar-refractivity contribution is 1.11. The number of halogens is 2. The van der Waals surface area contributed by atoms with Crippen LogP contribution in [0, 0.1) is 0 Å². The minimum absolute atomic E-state index is 0. The third-order valence-corrected chi connectivity index (χ3v) is 0. The molecule has 4 N–H and O–H groups in total. The number of hydrazine groups is 1. The average molecular weight is 133 g/mol. The molecular formula is H6BrFN2. The molecule has 0 aliphatic heterocycles. The molecule has 0 aromatic rings. The predicted molar refractivity (Wildman–Crippen MR) is 21.2 cm³/mol. The largest absolute Gasteiger partial charge is 0.274 e. The highest BCUT2D eigenvalue weighted by Gasteiger charge is 0.726. The summed E-state index contributed by atoms with van der Waals surface area (Å²) in [4.78, 5) is 0. The van der Waals surface area contributed by atoms with Crippen LogP contribution in [0.2, 0.25) is 0 Å². The van der Waals surface area contributed by atoms with Crippen LogP contribution in [0.4, 0.5) is 4.70 Å². The molecule has 0 aromatic heterocycles. The lowest BCUT2D eigenvalue weighted by atomic mass is 13.0. The second-order valence-corrected chi connectivity index (χ2v) is 0. The lowest BCUT2D eigenvalue weighted by Gasteiger charge is -1.27. The third-order valence-electron chi connectivity index (χ3n) is 0. The van der Waals surface area contributed by atoms with Crippen LogP contribution in [0.5, 0.6) is 0 Å². The summed E-state index contributed by atoms with van der Waals surface area (Å²) in [6.45, 7) is 0. The Balaban J connectivity index is -0.00000000500. The smallest absolute Gasteiger partial charge is 0.114 e. The summed E-state index contributed by atoms with van der Waals surface area (Å²) in [5, 5.41) is 0. The highest BCUT2D eigenvalue weighted by Crippen LogP contribution is 0.846. The Morgan fingerprint density at radius 1 is 1.00 bits per heavy atom. The van der Waals surface area contributed by atoms with Crippen LogP contribution >= 0.6 is 17.0 Å². The average Bonchev–Trinajstić information content (AvgIpc) is 1.00. The Kier molecular flexibility index (Phi) is 1130. The topological polar surface area (TPSA) is 52.0 Å². The molecule has 0 radical (unpaired) electrons. The van der Waals surface area contributed by atoms with Crippen LogP contribution in [0.25, 0.3) is 0 Å². The van der Waals surface area contributed by atoms with Crippen molar-refractivity contribution >= 4 is 17.0 Å². The van der Waals surface area contributed by atoms with E-state index in [0.29, 0.717) is 0 Å². The monoisotopic (exact) mass is 132 g/mol. The summed E-state index contributed by atoms with van der Waals surface area (Å²) in [5.74, 6) is 8.00. The normalized spacial score (nSPS) is 1.50. The van der Waals surface area contributed by atoms with E-state index in [9.17, 15) is 0 Å². The van der Waals surface area contributed by atoms with Crippen molar-refractivity contribution in [3.05, 3.63) is 0 Å². The van der Waals surface area contributed by atoms with Crippen molar-refractivity contribution in [1.82, 2.24) is 0 Å². The minimum Gasteiger partial charge on any atom is -0.274 e. The molecule has 0 saturated heterocycles. The molecule has 4 heavy (non-hydrogen) atoms. The molecule has 0 heterocycles. The molecule has 0 aromatic carbocycles. The maximum absolute atomic E-state index is 4.00. The van der Waals surface area contributed by atoms with Gasteiger partial charge in [0.25, 0.3) is 0 Å². The van der Waals surface area contributed by atoms with E-state index in [4.69, 9.17) is 0 Å². The zero-order chi connectivity index (χ0) is 2.00. The van der Waals surface area contributed by atoms with Crippen LogP contribution < -0.4 is 11.7 Å². The molecule has 2 nitrogen and oxygen atoms in total. The second-order valence-electron chi connectivity index (χ2n) is 0. The number of nitrogens with two attached hydrogens (primary N) is 2. The first-order chi connectivity index (χ1) is 1.00. The third kappa shape index (κ3) is 37.8. The fraction of sp³-hybridized carbons (Fsp3) is 0. The molecule has 0 fully saturated rings. The van der Waals surface area contributed by atoms with Gasteiger partial charge in [-0.1, -0.05) is 0 Å². The quantitative estimate of drug-likeness (QED) is 0.347. The Bertz CT molecular complexity index is 6.00. The summed E-state index contributed by atoms with van der Waals surface area (Å²) in [5.41, 5.74) is 0. The van der Waals surface area contributed by atoms with Crippen molar-refractivity contribution in [3.63, 3.8) is 0 Å². The van der Waals surface area contributed by atoms with E-state index in [2.05, 4.69) is 11.7 Å². The van der Waals surface area contributed by atoms with Crippen molar-refractivity contribution in [2.45, 2.75) is 0 Å². The molecule has 0 rings (SSSR count). The SMILES string of the molecule is Br.F.NN. The van der Waals surface area contributed by atoms with Crippen molar-refractivity contribution in [1.29, 1.82) is 0 Å². The van der Waals surface area contributed by atoms with Gasteiger partial charge < -0.3 is 0 Å². The van der Waals surface area contributed by atoms with Gasteiger partial charge in [-0.25, -0.2) is 0 Å². The fourth-order valence-corrected chi connectivity index (χ4v) is 0. The van der Waals surface area contributed by atoms with Gasteiger partial charge in [0.15, 0.2) is 0 Å². The lowest BCUT2D eigenvalue weighted by Crippen LogP contribution is -2.02. The molecule has 0 saturated carbocycles. The van der Waals surface area contributed by atoms with Gasteiger partial charge in [0.05, 0.1) is 0 Å². The first-order valence-electron chi connectivity index (χ1n) is 0.333. The molecule has 0 amide bonds. The number of hydrogen-bond donors (Lipinski definition) is 2. The summed E-state index contributed by atoms with van der Waals surface area (Å²) in [7, 11) is 0. The van der Waals surface area contributed by atoms with E-state index in [-0.39, 0.29) is 21.7 Å². The molecule has 30 valence electrons. The molecule has 0 bridgehead atoms. The van der Waals surface area contributed by atoms with E-state index >= 15 is 0 Å². The number of rotatable bonds is 0. The standard InChI is InChI=1S/BrH.FH.H4N2/c;;1-2/h2*1H;1-2H2. The molecule has 0 unspecified atom stereocenters. The zero-order valence-electron chi connectivity index (χ0n) is 1.97. The van der Waals surface area contributed by atoms with E-state index < -0.39 is 0 Å². The molecule has 0 spiro atoms. The molecule has 0 aliphatic carbocycles. The summed E-state index contributed by atoms with van der Waals surface area (Å²) in [6.07, 6.45) is 0. The van der Waals surface area contributed by atoms with Crippen LogP contribution in [0.3, 0.4) is 0 Å². The first kappa shape index (κ1) is 27.1. The Hall–Kier alpha value is 0.330. The molecule has 0 aliphatic rings. The van der Waals surface area contributed by atoms with Crippen molar-refractivity contribution in [2.24, 2.45) is 11.7 Å². The van der Waals surface area contributed by atoms with E-state index in [1.165, 1.54) is 0 Å². The van der Waals surface area contributed by atoms with E-state index in [1.54, 1.807) is 0 Å². The first-order valence-corrected chi connectivity index (χ1v) is 0.333. The Morgan fingerprint density at radius 3 is 1.00 bits per heavy atom. The maximum atomic E-state index is 4.00. The van der Waals surface area contributed by atoms with E-state index in [0.717, 1.165) is 0 Å². The van der Waals surface area contributed by atoms with Gasteiger partial charge in [-0.2, -0.15) is 0 Å². The van der Waals surface area contributed by atoms with Gasteiger partial charge in [0, 0.05) is 0 Å². The molecule has 4 heteroatoms. The van der Waals surface area contributed by atoms with Crippen molar-refractivity contribution in [3.8, 4) is 0 Å². The zero-order valence-corrected chi connectivity index (χ0v) is 3.68. The van der Waals surface area contributed by atoms with Crippen LogP contribution in [0.15, 0.2) is 0 Å². The highest BCUT2D eigenvalue weighted by atomic mass is 79.9. The summed E-state index contributed by atoms with van der Waals surface area (Å²) < 4.78 is 0. The van der Waals surface area contributed by atoms with Gasteiger partial charge in [-0.05, 0) is 0 Å². The minimum atomic E-state index is 0. The number of hydrogen-bond acceptors (Lipinski definition) is 2. The molecule has 0 atom stereocenters. The predicted octanol–water partition coefficient (Wildman–Crippen LogP) is -0.451. The van der Waals surface area contributed by atoms with Crippen molar-refractivity contribution < 1.29 is 4.70 Å². The maximum Gasteiger partial charge on any atom is -0.114 e. The molecular weight excluding hydrogens is 127 g/mol. The van der Waals surface area contributed by atoms with Gasteiger partial charge >= 0.3 is 0 Å². The van der Waals surface area contributed by atoms with Crippen LogP contribution in [-0.4, -0.2) is 0 Å². The van der Waals surface area contributed by atoms with Gasteiger partial charge in [0.2, 0.25) is 0 Å². The summed E-state index contributed by atoms with van der Waals surface area (Å²) in [6, 6.07) is 0. The van der Waals surface area contributed by atoms with Gasteiger partial charge in [-0.3, -0.25) is 16.4 Å². The second kappa shape index (κ2) is 166. The Labute approximate surface area is 34.3 Å². The highest BCUT2D eigenvalue weighted by molar-refractivity contribution is 8.93. The van der Waals surface area contributed by atoms with Gasteiger partial charge in [0.1, 0.15) is 0 Å². The Morgan fingerprint density at radius 2 is 1.00 bits per heavy atom. The van der Waals surface area contributed by atoms with Crippen LogP contribution in [0.1, 0.15) is 0 Å². The van der Waals surface area contributed by atoms with E-state index in [1.807, 2.05) is 0 Å². The van der Waals surface area contributed by atoms with Gasteiger partial charge in [-0.15, -0.1) is 17.0 Å². The fourth-order valence-electron chi connectivity index (χ4n) is 0. The van der Waals surface area contributed by atoms with Crippen LogP contribution in [-0.2, 0) is 0 Å².